The zero-order chi connectivity index (χ0) is 23.8. The molecule has 0 aromatic carbocycles. The molecule has 4 heterocycles. The lowest BCUT2D eigenvalue weighted by Gasteiger charge is -2.17. The Kier molecular flexibility index (Phi) is 5.67. The normalized spacial score (nSPS) is 17.9. The maximum atomic E-state index is 14.2. The largest absolute Gasteiger partial charge is 0.446 e. The van der Waals surface area contributed by atoms with Crippen LogP contribution in [0.4, 0.5) is 29.5 Å². The van der Waals surface area contributed by atoms with Crippen LogP contribution in [0.5, 0.6) is 0 Å². The fourth-order valence-electron chi connectivity index (χ4n) is 3.67. The van der Waals surface area contributed by atoms with Crippen LogP contribution in [0.25, 0.3) is 5.65 Å². The molecule has 5 rings (SSSR count). The standard InChI is InChI=1S/C21H20F3N7O3/c22-14-5-12(9-31-10-16(18(23)24)29-19(14)31)27-20(32)15-6-26-17(7-25-15)30-4-3-11(8-30)28-21(33)34-13-1-2-13/h5-7,9-11,13,18H,1-4,8H2,(H,27,32)(H,28,33)/t11-/m1/s1. The summed E-state index contributed by atoms with van der Waals surface area (Å²) in [5.41, 5.74) is -0.796. The van der Waals surface area contributed by atoms with Crippen molar-refractivity contribution in [2.75, 3.05) is 23.3 Å². The lowest BCUT2D eigenvalue weighted by atomic mass is 10.3. The first-order valence-corrected chi connectivity index (χ1v) is 10.7. The summed E-state index contributed by atoms with van der Waals surface area (Å²) in [6.07, 6.45) is 4.32. The molecule has 1 atom stereocenters. The minimum atomic E-state index is -2.84. The second-order valence-corrected chi connectivity index (χ2v) is 8.17. The van der Waals surface area contributed by atoms with E-state index in [0.717, 1.165) is 35.9 Å². The van der Waals surface area contributed by atoms with E-state index >= 15 is 0 Å². The molecule has 0 radical (unpaired) electrons. The number of hydrogen-bond acceptors (Lipinski definition) is 7. The van der Waals surface area contributed by atoms with Crippen LogP contribution in [0.3, 0.4) is 0 Å². The first kappa shape index (κ1) is 21.9. The van der Waals surface area contributed by atoms with Crippen molar-refractivity contribution in [3.63, 3.8) is 0 Å². The molecule has 0 unspecified atom stereocenters. The van der Waals surface area contributed by atoms with Crippen molar-refractivity contribution in [2.24, 2.45) is 0 Å². The summed E-state index contributed by atoms with van der Waals surface area (Å²) in [4.78, 5) is 38.2. The molecule has 10 nitrogen and oxygen atoms in total. The molecule has 1 aliphatic carbocycles. The third kappa shape index (κ3) is 4.72. The van der Waals surface area contributed by atoms with Gasteiger partial charge in [-0.3, -0.25) is 4.79 Å². The number of ether oxygens (including phenoxy) is 1. The molecule has 1 saturated heterocycles. The van der Waals surface area contributed by atoms with Crippen molar-refractivity contribution in [3.8, 4) is 0 Å². The molecule has 2 fully saturated rings. The van der Waals surface area contributed by atoms with E-state index in [1.165, 1.54) is 18.6 Å². The van der Waals surface area contributed by atoms with Crippen LogP contribution >= 0.6 is 0 Å². The molecule has 0 spiro atoms. The van der Waals surface area contributed by atoms with Gasteiger partial charge in [0.1, 0.15) is 23.3 Å². The first-order chi connectivity index (χ1) is 16.4. The number of halogens is 3. The molecular formula is C21H20F3N7O3. The smallest absolute Gasteiger partial charge is 0.407 e. The summed E-state index contributed by atoms with van der Waals surface area (Å²) in [5.74, 6) is -0.957. The summed E-state index contributed by atoms with van der Waals surface area (Å²) < 4.78 is 46.2. The van der Waals surface area contributed by atoms with Crippen molar-refractivity contribution >= 4 is 29.2 Å². The highest BCUT2D eigenvalue weighted by Gasteiger charge is 2.29. The van der Waals surface area contributed by atoms with E-state index in [1.807, 2.05) is 4.90 Å². The van der Waals surface area contributed by atoms with E-state index in [1.54, 1.807) is 0 Å². The zero-order valence-electron chi connectivity index (χ0n) is 17.7. The number of nitrogens with one attached hydrogen (secondary N) is 2. The number of amides is 2. The van der Waals surface area contributed by atoms with Gasteiger partial charge in [-0.2, -0.15) is 0 Å². The number of carbonyl (C=O) groups excluding carboxylic acids is 2. The predicted molar refractivity (Wildman–Crippen MR) is 113 cm³/mol. The molecule has 178 valence electrons. The molecule has 0 bridgehead atoms. The molecule has 3 aromatic rings. The monoisotopic (exact) mass is 475 g/mol. The SMILES string of the molecule is O=C(N[C@@H]1CCN(c2cnc(C(=O)Nc3cc(F)c4nc(C(F)F)cn4c3)cn2)C1)OC1CC1. The van der Waals surface area contributed by atoms with Crippen molar-refractivity contribution < 1.29 is 27.5 Å². The van der Waals surface area contributed by atoms with Gasteiger partial charge < -0.3 is 24.7 Å². The van der Waals surface area contributed by atoms with Crippen molar-refractivity contribution in [2.45, 2.75) is 37.8 Å². The van der Waals surface area contributed by atoms with E-state index < -0.39 is 29.9 Å². The van der Waals surface area contributed by atoms with Crippen molar-refractivity contribution in [1.29, 1.82) is 0 Å². The Balaban J connectivity index is 1.20. The number of alkyl carbamates (subject to hydrolysis) is 1. The van der Waals surface area contributed by atoms with Gasteiger partial charge in [-0.25, -0.2) is 32.9 Å². The van der Waals surface area contributed by atoms with E-state index in [2.05, 4.69) is 25.6 Å². The number of hydrogen-bond donors (Lipinski definition) is 2. The zero-order valence-corrected chi connectivity index (χ0v) is 17.7. The summed E-state index contributed by atoms with van der Waals surface area (Å²) in [6.45, 7) is 1.18. The minimum absolute atomic E-state index is 0.00922. The van der Waals surface area contributed by atoms with Gasteiger partial charge in [0.05, 0.1) is 24.1 Å². The van der Waals surface area contributed by atoms with Gasteiger partial charge in [0.2, 0.25) is 0 Å². The van der Waals surface area contributed by atoms with E-state index in [4.69, 9.17) is 4.74 Å². The second kappa shape index (κ2) is 8.80. The number of alkyl halides is 2. The van der Waals surface area contributed by atoms with Crippen LogP contribution in [0.2, 0.25) is 0 Å². The Morgan fingerprint density at radius 2 is 1.97 bits per heavy atom. The van der Waals surface area contributed by atoms with E-state index in [-0.39, 0.29) is 29.2 Å². The molecular weight excluding hydrogens is 455 g/mol. The molecule has 34 heavy (non-hydrogen) atoms. The Morgan fingerprint density at radius 3 is 2.68 bits per heavy atom. The van der Waals surface area contributed by atoms with Crippen LogP contribution in [-0.4, -0.2) is 56.6 Å². The maximum Gasteiger partial charge on any atom is 0.407 e. The fraction of sp³-hybridized carbons (Fsp3) is 0.381. The number of imidazole rings is 1. The molecule has 3 aromatic heterocycles. The van der Waals surface area contributed by atoms with E-state index in [0.29, 0.717) is 18.9 Å². The highest BCUT2D eigenvalue weighted by Crippen LogP contribution is 2.24. The minimum Gasteiger partial charge on any atom is -0.446 e. The number of carbonyl (C=O) groups is 2. The van der Waals surface area contributed by atoms with Gasteiger partial charge in [-0.1, -0.05) is 0 Å². The van der Waals surface area contributed by atoms with Crippen LogP contribution < -0.4 is 15.5 Å². The summed E-state index contributed by atoms with van der Waals surface area (Å²) in [5, 5.41) is 5.31. The summed E-state index contributed by atoms with van der Waals surface area (Å²) in [7, 11) is 0. The number of anilines is 2. The van der Waals surface area contributed by atoms with Gasteiger partial charge in [0.15, 0.2) is 11.5 Å². The molecule has 13 heteroatoms. The van der Waals surface area contributed by atoms with Gasteiger partial charge in [-0.05, 0) is 19.3 Å². The highest BCUT2D eigenvalue weighted by molar-refractivity contribution is 6.02. The fourth-order valence-corrected chi connectivity index (χ4v) is 3.67. The number of pyridine rings is 1. The van der Waals surface area contributed by atoms with Gasteiger partial charge in [0, 0.05) is 31.5 Å². The second-order valence-electron chi connectivity index (χ2n) is 8.17. The number of nitrogens with zero attached hydrogens (tertiary/aromatic N) is 5. The molecule has 2 N–H and O–H groups in total. The van der Waals surface area contributed by atoms with Crippen LogP contribution in [-0.2, 0) is 4.74 Å². The quantitative estimate of drug-likeness (QED) is 0.564. The maximum absolute atomic E-state index is 14.2. The predicted octanol–water partition coefficient (Wildman–Crippen LogP) is 2.92. The van der Waals surface area contributed by atoms with Crippen LogP contribution in [0.1, 0.15) is 41.9 Å². The third-order valence-corrected chi connectivity index (χ3v) is 5.51. The molecule has 2 aliphatic rings. The van der Waals surface area contributed by atoms with Crippen molar-refractivity contribution in [3.05, 3.63) is 48.1 Å². The number of rotatable bonds is 6. The molecule has 1 saturated carbocycles. The average molecular weight is 475 g/mol. The topological polar surface area (TPSA) is 114 Å². The average Bonchev–Trinajstić information content (AvgIpc) is 3.30. The Morgan fingerprint density at radius 1 is 1.15 bits per heavy atom. The van der Waals surface area contributed by atoms with Gasteiger partial charge in [-0.15, -0.1) is 0 Å². The Labute approximate surface area is 191 Å². The summed E-state index contributed by atoms with van der Waals surface area (Å²) >= 11 is 0. The number of fused-ring (bicyclic) bond motifs is 1. The van der Waals surface area contributed by atoms with Gasteiger partial charge in [0.25, 0.3) is 12.3 Å². The van der Waals surface area contributed by atoms with Crippen LogP contribution in [0, 0.1) is 5.82 Å². The first-order valence-electron chi connectivity index (χ1n) is 10.7. The molecule has 2 amide bonds. The lowest BCUT2D eigenvalue weighted by molar-refractivity contribution is 0.102. The van der Waals surface area contributed by atoms with Crippen LogP contribution in [0.15, 0.2) is 30.9 Å². The Bertz CT molecular complexity index is 1230. The van der Waals surface area contributed by atoms with E-state index in [9.17, 15) is 22.8 Å². The summed E-state index contributed by atoms with van der Waals surface area (Å²) in [6, 6.07) is 0.915. The molecule has 1 aliphatic heterocycles. The number of aromatic nitrogens is 4. The third-order valence-electron chi connectivity index (χ3n) is 5.51. The lowest BCUT2D eigenvalue weighted by Crippen LogP contribution is -2.37. The van der Waals surface area contributed by atoms with Gasteiger partial charge >= 0.3 is 6.09 Å². The highest BCUT2D eigenvalue weighted by atomic mass is 19.3. The Hall–Kier alpha value is -3.90. The van der Waals surface area contributed by atoms with Crippen molar-refractivity contribution in [1.82, 2.24) is 24.7 Å².